The molecule has 0 spiro atoms. The molecule has 1 aromatic heterocycles. The van der Waals surface area contributed by atoms with Crippen molar-refractivity contribution in [3.8, 4) is 0 Å². The number of anilines is 1. The number of fused-ring (bicyclic) bond motifs is 1. The maximum Gasteiger partial charge on any atom is 0.193 e. The van der Waals surface area contributed by atoms with Crippen LogP contribution in [-0.4, -0.2) is 17.6 Å². The van der Waals surface area contributed by atoms with Crippen molar-refractivity contribution < 1.29 is 9.52 Å². The van der Waals surface area contributed by atoms with Gasteiger partial charge in [0.2, 0.25) is 0 Å². The Labute approximate surface area is 123 Å². The Morgan fingerprint density at radius 1 is 1.33 bits per heavy atom. The molecule has 2 aromatic rings. The lowest BCUT2D eigenvalue weighted by Gasteiger charge is -2.09. The topological polar surface area (TPSA) is 83.8 Å². The summed E-state index contributed by atoms with van der Waals surface area (Å²) in [7, 11) is 0. The number of nitrogens with one attached hydrogen (secondary N) is 1. The lowest BCUT2D eigenvalue weighted by Crippen LogP contribution is -2.23. The maximum absolute atomic E-state index is 9.87. The van der Waals surface area contributed by atoms with Gasteiger partial charge in [-0.25, -0.2) is 4.99 Å². The number of aliphatic hydroxyl groups is 1. The van der Waals surface area contributed by atoms with Crippen LogP contribution in [0.2, 0.25) is 0 Å². The molecule has 1 atom stereocenters. The molecule has 0 saturated heterocycles. The molecule has 5 nitrogen and oxygen atoms in total. The van der Waals surface area contributed by atoms with Crippen LogP contribution in [-0.2, 0) is 12.8 Å². The summed E-state index contributed by atoms with van der Waals surface area (Å²) in [5.41, 5.74) is 9.58. The number of nitrogens with zero attached hydrogens (tertiary/aromatic N) is 1. The first-order valence-corrected chi connectivity index (χ1v) is 7.12. The monoisotopic (exact) mass is 285 g/mol. The molecule has 21 heavy (non-hydrogen) atoms. The van der Waals surface area contributed by atoms with Crippen LogP contribution in [0.1, 0.15) is 29.4 Å². The average Bonchev–Trinajstić information content (AvgIpc) is 3.15. The van der Waals surface area contributed by atoms with Gasteiger partial charge in [-0.15, -0.1) is 0 Å². The van der Waals surface area contributed by atoms with E-state index in [2.05, 4.69) is 22.4 Å². The molecule has 1 aliphatic rings. The Hall–Kier alpha value is -2.27. The number of hydrogen-bond donors (Lipinski definition) is 3. The third-order valence-electron chi connectivity index (χ3n) is 3.68. The van der Waals surface area contributed by atoms with Gasteiger partial charge in [0.05, 0.1) is 12.8 Å². The highest BCUT2D eigenvalue weighted by Gasteiger charge is 2.12. The Morgan fingerprint density at radius 2 is 2.19 bits per heavy atom. The second-order valence-corrected chi connectivity index (χ2v) is 5.22. The molecule has 0 radical (unpaired) electrons. The third-order valence-corrected chi connectivity index (χ3v) is 3.68. The zero-order valence-electron chi connectivity index (χ0n) is 11.7. The zero-order valence-corrected chi connectivity index (χ0v) is 11.7. The van der Waals surface area contributed by atoms with Crippen molar-refractivity contribution in [2.75, 3.05) is 11.9 Å². The van der Waals surface area contributed by atoms with E-state index in [9.17, 15) is 5.11 Å². The maximum atomic E-state index is 9.87. The van der Waals surface area contributed by atoms with Crippen molar-refractivity contribution in [3.05, 3.63) is 53.5 Å². The van der Waals surface area contributed by atoms with Crippen LogP contribution < -0.4 is 11.1 Å². The fraction of sp³-hybridized carbons (Fsp3) is 0.312. The van der Waals surface area contributed by atoms with E-state index >= 15 is 0 Å². The predicted octanol–water partition coefficient (Wildman–Crippen LogP) is 2.23. The standard InChI is InChI=1S/C16H19N3O2/c17-16(18-10-14(20)15-5-2-8-21-15)19-13-7-6-11-3-1-4-12(11)9-13/h2,5-9,14,20H,1,3-4,10H2,(H3,17,18,19). The third kappa shape index (κ3) is 3.25. The lowest BCUT2D eigenvalue weighted by molar-refractivity contribution is 0.158. The zero-order chi connectivity index (χ0) is 14.7. The average molecular weight is 285 g/mol. The van der Waals surface area contributed by atoms with Gasteiger partial charge in [-0.05, 0) is 54.7 Å². The van der Waals surface area contributed by atoms with Crippen LogP contribution in [0.5, 0.6) is 0 Å². The van der Waals surface area contributed by atoms with Crippen molar-refractivity contribution in [1.82, 2.24) is 0 Å². The lowest BCUT2D eigenvalue weighted by atomic mass is 10.1. The first-order valence-electron chi connectivity index (χ1n) is 7.12. The first-order chi connectivity index (χ1) is 10.2. The highest BCUT2D eigenvalue weighted by molar-refractivity contribution is 5.92. The van der Waals surface area contributed by atoms with Crippen LogP contribution in [0, 0.1) is 0 Å². The van der Waals surface area contributed by atoms with Crippen LogP contribution in [0.3, 0.4) is 0 Å². The molecule has 0 fully saturated rings. The van der Waals surface area contributed by atoms with E-state index in [1.54, 1.807) is 12.1 Å². The minimum atomic E-state index is -0.777. The van der Waals surface area contributed by atoms with Crippen molar-refractivity contribution in [3.63, 3.8) is 0 Å². The molecule has 0 bridgehead atoms. The van der Waals surface area contributed by atoms with E-state index in [0.717, 1.165) is 18.5 Å². The van der Waals surface area contributed by atoms with Crippen molar-refractivity contribution >= 4 is 11.6 Å². The summed E-state index contributed by atoms with van der Waals surface area (Å²) in [5.74, 6) is 0.780. The number of furan rings is 1. The molecule has 0 aliphatic heterocycles. The second kappa shape index (κ2) is 6.01. The van der Waals surface area contributed by atoms with E-state index in [-0.39, 0.29) is 6.54 Å². The van der Waals surface area contributed by atoms with Gasteiger partial charge < -0.3 is 20.6 Å². The number of rotatable bonds is 4. The fourth-order valence-corrected chi connectivity index (χ4v) is 2.59. The Kier molecular flexibility index (Phi) is 3.92. The Balaban J connectivity index is 1.60. The minimum Gasteiger partial charge on any atom is -0.467 e. The van der Waals surface area contributed by atoms with E-state index in [0.29, 0.717) is 11.7 Å². The molecule has 1 unspecified atom stereocenters. The van der Waals surface area contributed by atoms with Gasteiger partial charge in [0.25, 0.3) is 0 Å². The fourth-order valence-electron chi connectivity index (χ4n) is 2.59. The smallest absolute Gasteiger partial charge is 0.193 e. The van der Waals surface area contributed by atoms with Crippen molar-refractivity contribution in [2.45, 2.75) is 25.4 Å². The number of guanidine groups is 1. The van der Waals surface area contributed by atoms with Gasteiger partial charge in [-0.2, -0.15) is 0 Å². The Morgan fingerprint density at radius 3 is 3.00 bits per heavy atom. The molecular weight excluding hydrogens is 266 g/mol. The highest BCUT2D eigenvalue weighted by Crippen LogP contribution is 2.24. The summed E-state index contributed by atoms with van der Waals surface area (Å²) >= 11 is 0. The highest BCUT2D eigenvalue weighted by atomic mass is 16.4. The summed E-state index contributed by atoms with van der Waals surface area (Å²) in [5, 5.41) is 12.9. The molecular formula is C16H19N3O2. The predicted molar refractivity (Wildman–Crippen MR) is 82.2 cm³/mol. The van der Waals surface area contributed by atoms with Crippen LogP contribution in [0.4, 0.5) is 5.69 Å². The number of aliphatic hydroxyl groups excluding tert-OH is 1. The number of nitrogens with two attached hydrogens (primary N) is 1. The van der Waals surface area contributed by atoms with Gasteiger partial charge >= 0.3 is 0 Å². The minimum absolute atomic E-state index is 0.164. The van der Waals surface area contributed by atoms with Gasteiger partial charge in [0.1, 0.15) is 11.9 Å². The molecule has 1 aromatic carbocycles. The van der Waals surface area contributed by atoms with Gasteiger partial charge in [-0.3, -0.25) is 0 Å². The molecule has 4 N–H and O–H groups in total. The van der Waals surface area contributed by atoms with Crippen LogP contribution in [0.25, 0.3) is 0 Å². The van der Waals surface area contributed by atoms with Crippen molar-refractivity contribution in [2.24, 2.45) is 10.7 Å². The number of benzene rings is 1. The van der Waals surface area contributed by atoms with E-state index < -0.39 is 6.10 Å². The molecule has 0 amide bonds. The largest absolute Gasteiger partial charge is 0.467 e. The van der Waals surface area contributed by atoms with Gasteiger partial charge in [-0.1, -0.05) is 6.07 Å². The normalized spacial score (nSPS) is 15.8. The number of aliphatic imine (C=N–C) groups is 1. The summed E-state index contributed by atoms with van der Waals surface area (Å²) < 4.78 is 5.12. The van der Waals surface area contributed by atoms with Crippen LogP contribution >= 0.6 is 0 Å². The number of aryl methyl sites for hydroxylation is 2. The SMILES string of the molecule is NC(=NCC(O)c1ccco1)Nc1ccc2c(c1)CCC2. The summed E-state index contributed by atoms with van der Waals surface area (Å²) in [6.45, 7) is 0.164. The number of hydrogen-bond acceptors (Lipinski definition) is 3. The van der Waals surface area contributed by atoms with E-state index in [4.69, 9.17) is 10.2 Å². The summed E-state index contributed by atoms with van der Waals surface area (Å²) in [4.78, 5) is 4.14. The summed E-state index contributed by atoms with van der Waals surface area (Å²) in [6, 6.07) is 9.71. The van der Waals surface area contributed by atoms with E-state index in [1.165, 1.54) is 23.8 Å². The first kappa shape index (κ1) is 13.7. The molecule has 1 heterocycles. The second-order valence-electron chi connectivity index (χ2n) is 5.22. The van der Waals surface area contributed by atoms with Gasteiger partial charge in [0.15, 0.2) is 5.96 Å². The molecule has 110 valence electrons. The molecule has 1 aliphatic carbocycles. The van der Waals surface area contributed by atoms with Crippen LogP contribution in [0.15, 0.2) is 46.0 Å². The quantitative estimate of drug-likeness (QED) is 0.594. The summed E-state index contributed by atoms with van der Waals surface area (Å²) in [6.07, 6.45) is 4.25. The molecule has 5 heteroatoms. The van der Waals surface area contributed by atoms with Crippen molar-refractivity contribution in [1.29, 1.82) is 0 Å². The van der Waals surface area contributed by atoms with E-state index in [1.807, 2.05) is 6.07 Å². The Bertz CT molecular complexity index is 635. The van der Waals surface area contributed by atoms with Gasteiger partial charge in [0, 0.05) is 5.69 Å². The molecule has 0 saturated carbocycles. The molecule has 3 rings (SSSR count).